The Labute approximate surface area is 169 Å². The van der Waals surface area contributed by atoms with Gasteiger partial charge in [0.1, 0.15) is 5.78 Å². The van der Waals surface area contributed by atoms with E-state index in [1.165, 1.54) is 0 Å². The van der Waals surface area contributed by atoms with Gasteiger partial charge in [-0.15, -0.1) is 11.3 Å². The predicted octanol–water partition coefficient (Wildman–Crippen LogP) is 5.29. The Morgan fingerprint density at radius 1 is 1.30 bits per heavy atom. The molecule has 27 heavy (non-hydrogen) atoms. The van der Waals surface area contributed by atoms with Crippen molar-refractivity contribution >= 4 is 23.2 Å². The second-order valence-electron chi connectivity index (χ2n) is 8.88. The molecule has 0 bridgehead atoms. The highest BCUT2D eigenvalue weighted by Crippen LogP contribution is 2.27. The van der Waals surface area contributed by atoms with Gasteiger partial charge < -0.3 is 9.84 Å². The molecule has 1 heterocycles. The monoisotopic (exact) mass is 395 g/mol. The number of aliphatic hydroxyl groups is 1. The Kier molecular flexibility index (Phi) is 9.32. The van der Waals surface area contributed by atoms with Crippen LogP contribution in [0.2, 0.25) is 0 Å². The van der Waals surface area contributed by atoms with Crippen molar-refractivity contribution in [3.63, 3.8) is 0 Å². The van der Waals surface area contributed by atoms with Gasteiger partial charge in [-0.2, -0.15) is 0 Å². The number of methoxy groups -OCH3 is 1. The Morgan fingerprint density at radius 2 is 1.93 bits per heavy atom. The third kappa shape index (κ3) is 8.24. The van der Waals surface area contributed by atoms with E-state index in [-0.39, 0.29) is 17.4 Å². The molecule has 4 nitrogen and oxygen atoms in total. The normalized spacial score (nSPS) is 17.4. The average Bonchev–Trinajstić information content (AvgIpc) is 2.97. The van der Waals surface area contributed by atoms with E-state index in [2.05, 4.69) is 11.9 Å². The number of ether oxygens (including phenoxy) is 1. The highest BCUT2D eigenvalue weighted by Gasteiger charge is 2.28. The number of carbonyl (C=O) groups excluding carboxylic acids is 1. The van der Waals surface area contributed by atoms with E-state index in [0.717, 1.165) is 29.1 Å². The smallest absolute Gasteiger partial charge is 0.141 e. The van der Waals surface area contributed by atoms with Gasteiger partial charge in [0.05, 0.1) is 22.9 Å². The van der Waals surface area contributed by atoms with Crippen molar-refractivity contribution in [1.82, 2.24) is 4.98 Å². The van der Waals surface area contributed by atoms with E-state index >= 15 is 0 Å². The first kappa shape index (κ1) is 24.0. The summed E-state index contributed by atoms with van der Waals surface area (Å²) >= 11 is 1.60. The summed E-state index contributed by atoms with van der Waals surface area (Å²) in [4.78, 5) is 16.8. The van der Waals surface area contributed by atoms with Crippen LogP contribution in [0.15, 0.2) is 11.0 Å². The number of hydrogen-bond donors (Lipinski definition) is 1. The molecule has 4 atom stereocenters. The lowest BCUT2D eigenvalue weighted by Gasteiger charge is -2.26. The van der Waals surface area contributed by atoms with Crippen LogP contribution in [0.3, 0.4) is 0 Å². The molecule has 0 aliphatic carbocycles. The molecule has 0 aliphatic heterocycles. The molecule has 1 rings (SSSR count). The maximum Gasteiger partial charge on any atom is 0.141 e. The molecule has 0 amide bonds. The second-order valence-corrected chi connectivity index (χ2v) is 9.94. The molecular formula is C22H37NO3S. The molecule has 0 radical (unpaired) electrons. The molecule has 154 valence electrons. The Morgan fingerprint density at radius 3 is 2.41 bits per heavy atom. The summed E-state index contributed by atoms with van der Waals surface area (Å²) < 4.78 is 5.62. The van der Waals surface area contributed by atoms with Gasteiger partial charge in [-0.3, -0.25) is 4.79 Å². The first-order chi connectivity index (χ1) is 12.4. The van der Waals surface area contributed by atoms with Gasteiger partial charge in [-0.05, 0) is 44.3 Å². The molecule has 1 aromatic rings. The van der Waals surface area contributed by atoms with Crippen LogP contribution in [0, 0.1) is 24.2 Å². The summed E-state index contributed by atoms with van der Waals surface area (Å²) in [7, 11) is 1.69. The van der Waals surface area contributed by atoms with Crippen LogP contribution in [-0.2, 0) is 9.53 Å². The first-order valence-corrected chi connectivity index (χ1v) is 10.7. The number of aryl methyl sites for hydroxylation is 1. The zero-order valence-corrected chi connectivity index (χ0v) is 19.0. The molecule has 0 aromatic carbocycles. The number of thiazole rings is 1. The van der Waals surface area contributed by atoms with E-state index in [9.17, 15) is 9.90 Å². The number of aromatic nitrogens is 1. The van der Waals surface area contributed by atoms with Crippen LogP contribution in [0.25, 0.3) is 6.08 Å². The fourth-order valence-corrected chi connectivity index (χ4v) is 4.06. The predicted molar refractivity (Wildman–Crippen MR) is 114 cm³/mol. The largest absolute Gasteiger partial charge is 0.389 e. The van der Waals surface area contributed by atoms with E-state index < -0.39 is 6.10 Å². The third-order valence-electron chi connectivity index (χ3n) is 4.97. The summed E-state index contributed by atoms with van der Waals surface area (Å²) in [5, 5.41) is 13.6. The first-order valence-electron chi connectivity index (χ1n) is 9.79. The Balaban J connectivity index is 2.59. The van der Waals surface area contributed by atoms with E-state index in [0.29, 0.717) is 18.1 Å². The van der Waals surface area contributed by atoms with Crippen molar-refractivity contribution < 1.29 is 14.6 Å². The topological polar surface area (TPSA) is 59.4 Å². The molecule has 0 fully saturated rings. The summed E-state index contributed by atoms with van der Waals surface area (Å²) in [5.74, 6) is 0.701. The average molecular weight is 396 g/mol. The fourth-order valence-electron chi connectivity index (χ4n) is 3.49. The Hall–Kier alpha value is -1.04. The minimum absolute atomic E-state index is 0.0348. The molecule has 1 aromatic heterocycles. The summed E-state index contributed by atoms with van der Waals surface area (Å²) in [6.07, 6.45) is 3.57. The number of nitrogens with zero attached hydrogens (tertiary/aromatic N) is 1. The number of hydrogen-bond acceptors (Lipinski definition) is 5. The second kappa shape index (κ2) is 10.5. The number of aliphatic hydroxyl groups excluding tert-OH is 1. The zero-order valence-electron chi connectivity index (χ0n) is 18.2. The molecular weight excluding hydrogens is 358 g/mol. The Bertz CT molecular complexity index is 630. The number of ketones is 1. The van der Waals surface area contributed by atoms with Crippen molar-refractivity contribution in [1.29, 1.82) is 0 Å². The van der Waals surface area contributed by atoms with Crippen molar-refractivity contribution in [2.24, 2.45) is 17.3 Å². The van der Waals surface area contributed by atoms with Gasteiger partial charge in [0.25, 0.3) is 0 Å². The molecule has 1 N–H and O–H groups in total. The van der Waals surface area contributed by atoms with Crippen LogP contribution in [0.1, 0.15) is 71.5 Å². The number of Topliss-reactive ketones (excluding diaryl/α,β-unsaturated/α-hetero) is 1. The number of carbonyl (C=O) groups is 1. The van der Waals surface area contributed by atoms with Crippen LogP contribution < -0.4 is 0 Å². The summed E-state index contributed by atoms with van der Waals surface area (Å²) in [6, 6.07) is 0. The summed E-state index contributed by atoms with van der Waals surface area (Å²) in [6.45, 7) is 14.0. The van der Waals surface area contributed by atoms with Crippen molar-refractivity contribution in [2.45, 2.75) is 79.9 Å². The maximum absolute atomic E-state index is 12.4. The third-order valence-corrected chi connectivity index (χ3v) is 5.76. The highest BCUT2D eigenvalue weighted by molar-refractivity contribution is 7.09. The lowest BCUT2D eigenvalue weighted by Crippen LogP contribution is -2.29. The quantitative estimate of drug-likeness (QED) is 0.585. The standard InChI is InChI=1S/C22H37NO3S/c1-14(9-16(3)21(25)22(5,6)7)10-19(26-8)12-20(24)15(2)11-18-13-27-17(4)23-18/h11,13-14,16,19-20,24H,9-10,12H2,1-8H3/b15-11+. The van der Waals surface area contributed by atoms with Gasteiger partial charge in [0, 0.05) is 30.2 Å². The van der Waals surface area contributed by atoms with Crippen LogP contribution in [0.4, 0.5) is 0 Å². The molecule has 0 spiro atoms. The molecule has 0 aliphatic rings. The van der Waals surface area contributed by atoms with Gasteiger partial charge in [0.2, 0.25) is 0 Å². The van der Waals surface area contributed by atoms with Crippen LogP contribution >= 0.6 is 11.3 Å². The summed E-state index contributed by atoms with van der Waals surface area (Å²) in [5.41, 5.74) is 1.49. The van der Waals surface area contributed by atoms with Crippen molar-refractivity contribution in [2.75, 3.05) is 7.11 Å². The molecule has 0 saturated heterocycles. The highest BCUT2D eigenvalue weighted by atomic mass is 32.1. The SMILES string of the molecule is COC(CC(C)CC(C)C(=O)C(C)(C)C)CC(O)/C(C)=C/c1csc(C)n1. The zero-order chi connectivity index (χ0) is 20.8. The molecule has 0 saturated carbocycles. The fraction of sp³-hybridized carbons (Fsp3) is 0.727. The maximum atomic E-state index is 12.4. The lowest BCUT2D eigenvalue weighted by molar-refractivity contribution is -0.130. The minimum atomic E-state index is -0.558. The van der Waals surface area contributed by atoms with Crippen LogP contribution in [0.5, 0.6) is 0 Å². The van der Waals surface area contributed by atoms with Gasteiger partial charge in [-0.25, -0.2) is 4.98 Å². The van der Waals surface area contributed by atoms with E-state index in [1.807, 2.05) is 53.0 Å². The van der Waals surface area contributed by atoms with Crippen LogP contribution in [-0.4, -0.2) is 35.2 Å². The molecule has 4 unspecified atom stereocenters. The minimum Gasteiger partial charge on any atom is -0.389 e. The molecule has 5 heteroatoms. The van der Waals surface area contributed by atoms with Gasteiger partial charge in [-0.1, -0.05) is 34.6 Å². The van der Waals surface area contributed by atoms with Gasteiger partial charge in [0.15, 0.2) is 0 Å². The van der Waals surface area contributed by atoms with Crippen molar-refractivity contribution in [3.05, 3.63) is 21.7 Å². The number of rotatable bonds is 10. The van der Waals surface area contributed by atoms with Gasteiger partial charge >= 0.3 is 0 Å². The lowest BCUT2D eigenvalue weighted by atomic mass is 9.79. The van der Waals surface area contributed by atoms with Crippen molar-refractivity contribution in [3.8, 4) is 0 Å². The van der Waals surface area contributed by atoms with E-state index in [1.54, 1.807) is 18.4 Å². The van der Waals surface area contributed by atoms with E-state index in [4.69, 9.17) is 4.74 Å².